The van der Waals surface area contributed by atoms with E-state index in [9.17, 15) is 24.0 Å². The number of amides is 2. The molecule has 176 valence electrons. The van der Waals surface area contributed by atoms with E-state index in [1.54, 1.807) is 13.8 Å². The minimum Gasteiger partial charge on any atom is -0.465 e. The number of ether oxygens (including phenoxy) is 3. The standard InChI is InChI=1S/C22H24N2O9/c1-12(2)18(24-19(26)16-6-5-7-32-16)22(29)33-11-17(25)23-15-9-13(20(27)30-3)8-14(10-15)21(28)31-4/h5-10,12,18H,11H2,1-4H3,(H,23,25)(H,24,26). The largest absolute Gasteiger partial charge is 0.465 e. The third-order valence-corrected chi connectivity index (χ3v) is 4.36. The Hall–Kier alpha value is -4.15. The van der Waals surface area contributed by atoms with Crippen LogP contribution >= 0.6 is 0 Å². The molecule has 11 heteroatoms. The van der Waals surface area contributed by atoms with E-state index in [4.69, 9.17) is 9.15 Å². The summed E-state index contributed by atoms with van der Waals surface area (Å²) in [5, 5.41) is 4.94. The van der Waals surface area contributed by atoms with Gasteiger partial charge in [0.25, 0.3) is 11.8 Å². The number of anilines is 1. The van der Waals surface area contributed by atoms with E-state index in [2.05, 4.69) is 20.1 Å². The van der Waals surface area contributed by atoms with Gasteiger partial charge < -0.3 is 29.3 Å². The van der Waals surface area contributed by atoms with Gasteiger partial charge in [-0.05, 0) is 36.2 Å². The maximum atomic E-state index is 12.4. The maximum Gasteiger partial charge on any atom is 0.337 e. The Morgan fingerprint density at radius 3 is 2.06 bits per heavy atom. The van der Waals surface area contributed by atoms with Gasteiger partial charge in [-0.25, -0.2) is 14.4 Å². The molecule has 1 aromatic carbocycles. The molecule has 1 atom stereocenters. The van der Waals surface area contributed by atoms with Gasteiger partial charge in [0.2, 0.25) is 0 Å². The average molecular weight is 460 g/mol. The summed E-state index contributed by atoms with van der Waals surface area (Å²) in [4.78, 5) is 60.6. The number of rotatable bonds is 9. The summed E-state index contributed by atoms with van der Waals surface area (Å²) < 4.78 is 19.3. The molecule has 0 radical (unpaired) electrons. The molecule has 2 amide bonds. The van der Waals surface area contributed by atoms with E-state index in [1.807, 2.05) is 0 Å². The molecular weight excluding hydrogens is 436 g/mol. The third-order valence-electron chi connectivity index (χ3n) is 4.36. The normalized spacial score (nSPS) is 11.3. The van der Waals surface area contributed by atoms with Crippen LogP contribution in [-0.4, -0.2) is 56.6 Å². The molecule has 0 saturated carbocycles. The van der Waals surface area contributed by atoms with E-state index in [-0.39, 0.29) is 28.5 Å². The molecule has 0 spiro atoms. The molecule has 2 N–H and O–H groups in total. The first kappa shape index (κ1) is 25.1. The third kappa shape index (κ3) is 6.92. The fraction of sp³-hybridized carbons (Fsp3) is 0.318. The Morgan fingerprint density at radius 1 is 0.970 bits per heavy atom. The van der Waals surface area contributed by atoms with Crippen LogP contribution in [-0.2, 0) is 23.8 Å². The Morgan fingerprint density at radius 2 is 1.58 bits per heavy atom. The van der Waals surface area contributed by atoms with E-state index >= 15 is 0 Å². The topological polar surface area (TPSA) is 150 Å². The molecule has 1 aromatic heterocycles. The van der Waals surface area contributed by atoms with Crippen LogP contribution in [0.3, 0.4) is 0 Å². The zero-order valence-electron chi connectivity index (χ0n) is 18.5. The SMILES string of the molecule is COC(=O)c1cc(NC(=O)COC(=O)C(NC(=O)c2ccco2)C(C)C)cc(C(=O)OC)c1. The Kier molecular flexibility index (Phi) is 8.72. The molecule has 33 heavy (non-hydrogen) atoms. The van der Waals surface area contributed by atoms with Gasteiger partial charge in [0.15, 0.2) is 12.4 Å². The Bertz CT molecular complexity index is 994. The van der Waals surface area contributed by atoms with Gasteiger partial charge in [-0.2, -0.15) is 0 Å². The van der Waals surface area contributed by atoms with Crippen LogP contribution in [0.25, 0.3) is 0 Å². The molecule has 0 aliphatic rings. The van der Waals surface area contributed by atoms with Crippen LogP contribution in [0, 0.1) is 5.92 Å². The highest BCUT2D eigenvalue weighted by atomic mass is 16.5. The molecule has 2 aromatic rings. The number of esters is 3. The van der Waals surface area contributed by atoms with Gasteiger partial charge in [0.1, 0.15) is 6.04 Å². The van der Waals surface area contributed by atoms with Gasteiger partial charge in [0, 0.05) is 5.69 Å². The minimum atomic E-state index is -1.02. The maximum absolute atomic E-state index is 12.4. The highest BCUT2D eigenvalue weighted by Gasteiger charge is 2.27. The highest BCUT2D eigenvalue weighted by molar-refractivity contribution is 6.00. The molecular formula is C22H24N2O9. The summed E-state index contributed by atoms with van der Waals surface area (Å²) in [6.07, 6.45) is 1.32. The number of benzene rings is 1. The molecule has 0 aliphatic carbocycles. The zero-order chi connectivity index (χ0) is 24.5. The van der Waals surface area contributed by atoms with Crippen molar-refractivity contribution >= 4 is 35.4 Å². The average Bonchev–Trinajstić information content (AvgIpc) is 3.34. The smallest absolute Gasteiger partial charge is 0.337 e. The van der Waals surface area contributed by atoms with Gasteiger partial charge in [-0.1, -0.05) is 13.8 Å². The Balaban J connectivity index is 2.04. The van der Waals surface area contributed by atoms with Crippen molar-refractivity contribution in [3.63, 3.8) is 0 Å². The Labute approximate surface area is 189 Å². The van der Waals surface area contributed by atoms with Crippen molar-refractivity contribution in [1.82, 2.24) is 5.32 Å². The van der Waals surface area contributed by atoms with Crippen molar-refractivity contribution in [2.75, 3.05) is 26.1 Å². The summed E-state index contributed by atoms with van der Waals surface area (Å²) in [6.45, 7) is 2.72. The minimum absolute atomic E-state index is 0.00760. The van der Waals surface area contributed by atoms with Gasteiger partial charge in [0.05, 0.1) is 31.6 Å². The monoisotopic (exact) mass is 460 g/mol. The van der Waals surface area contributed by atoms with Gasteiger partial charge in [-0.15, -0.1) is 0 Å². The van der Waals surface area contributed by atoms with Crippen LogP contribution in [0.15, 0.2) is 41.0 Å². The summed E-state index contributed by atoms with van der Waals surface area (Å²) >= 11 is 0. The summed E-state index contributed by atoms with van der Waals surface area (Å²) in [5.74, 6) is -3.92. The lowest BCUT2D eigenvalue weighted by molar-refractivity contribution is -0.150. The number of methoxy groups -OCH3 is 2. The lowest BCUT2D eigenvalue weighted by atomic mass is 10.0. The molecule has 0 saturated heterocycles. The number of hydrogen-bond acceptors (Lipinski definition) is 9. The van der Waals surface area contributed by atoms with Gasteiger partial charge >= 0.3 is 17.9 Å². The van der Waals surface area contributed by atoms with E-state index < -0.39 is 42.4 Å². The molecule has 1 unspecified atom stereocenters. The summed E-state index contributed by atoms with van der Waals surface area (Å²) in [7, 11) is 2.33. The van der Waals surface area contributed by atoms with Crippen LogP contribution in [0.5, 0.6) is 0 Å². The second-order valence-electron chi connectivity index (χ2n) is 7.11. The second-order valence-corrected chi connectivity index (χ2v) is 7.11. The number of hydrogen-bond donors (Lipinski definition) is 2. The summed E-state index contributed by atoms with van der Waals surface area (Å²) in [5.41, 5.74) is 0.104. The predicted octanol–water partition coefficient (Wildman–Crippen LogP) is 1.79. The van der Waals surface area contributed by atoms with Crippen LogP contribution < -0.4 is 10.6 Å². The fourth-order valence-corrected chi connectivity index (χ4v) is 2.71. The first-order valence-corrected chi connectivity index (χ1v) is 9.78. The van der Waals surface area contributed by atoms with Crippen molar-refractivity contribution in [2.24, 2.45) is 5.92 Å². The first-order chi connectivity index (χ1) is 15.7. The van der Waals surface area contributed by atoms with Crippen molar-refractivity contribution in [3.8, 4) is 0 Å². The lowest BCUT2D eigenvalue weighted by Gasteiger charge is -2.20. The molecule has 0 aliphatic heterocycles. The molecule has 1 heterocycles. The fourth-order valence-electron chi connectivity index (χ4n) is 2.71. The quantitative estimate of drug-likeness (QED) is 0.422. The number of carbonyl (C=O) groups excluding carboxylic acids is 5. The molecule has 0 bridgehead atoms. The number of furan rings is 1. The van der Waals surface area contributed by atoms with Crippen LogP contribution in [0.2, 0.25) is 0 Å². The van der Waals surface area contributed by atoms with E-state index in [1.165, 1.54) is 50.8 Å². The predicted molar refractivity (Wildman–Crippen MR) is 114 cm³/mol. The van der Waals surface area contributed by atoms with Crippen LogP contribution in [0.4, 0.5) is 5.69 Å². The molecule has 11 nitrogen and oxygen atoms in total. The highest BCUT2D eigenvalue weighted by Crippen LogP contribution is 2.17. The first-order valence-electron chi connectivity index (χ1n) is 9.78. The van der Waals surface area contributed by atoms with Crippen molar-refractivity contribution in [2.45, 2.75) is 19.9 Å². The van der Waals surface area contributed by atoms with Crippen LogP contribution in [0.1, 0.15) is 45.1 Å². The zero-order valence-corrected chi connectivity index (χ0v) is 18.5. The number of carbonyl (C=O) groups is 5. The second kappa shape index (κ2) is 11.5. The molecule has 2 rings (SSSR count). The lowest BCUT2D eigenvalue weighted by Crippen LogP contribution is -2.45. The van der Waals surface area contributed by atoms with Crippen molar-refractivity contribution < 1.29 is 42.6 Å². The van der Waals surface area contributed by atoms with Crippen molar-refractivity contribution in [1.29, 1.82) is 0 Å². The summed E-state index contributed by atoms with van der Waals surface area (Å²) in [6, 6.07) is 5.78. The van der Waals surface area contributed by atoms with E-state index in [0.717, 1.165) is 0 Å². The molecule has 0 fully saturated rings. The van der Waals surface area contributed by atoms with E-state index in [0.29, 0.717) is 0 Å². The van der Waals surface area contributed by atoms with Crippen molar-refractivity contribution in [3.05, 3.63) is 53.5 Å². The van der Waals surface area contributed by atoms with Gasteiger partial charge in [-0.3, -0.25) is 9.59 Å². The number of nitrogens with one attached hydrogen (secondary N) is 2.